The minimum atomic E-state index is -0.197. The van der Waals surface area contributed by atoms with Crippen LogP contribution in [0, 0.1) is 13.8 Å². The van der Waals surface area contributed by atoms with Gasteiger partial charge in [-0.2, -0.15) is 0 Å². The molecular formula is C15H15BrN2O2. The van der Waals surface area contributed by atoms with Crippen molar-refractivity contribution in [2.45, 2.75) is 20.4 Å². The molecular weight excluding hydrogens is 320 g/mol. The van der Waals surface area contributed by atoms with Crippen LogP contribution >= 0.6 is 15.9 Å². The summed E-state index contributed by atoms with van der Waals surface area (Å²) in [6.45, 7) is 3.91. The molecule has 0 spiro atoms. The minimum Gasteiger partial charge on any atom is -0.348 e. The number of aryl methyl sites for hydroxylation is 2. The van der Waals surface area contributed by atoms with Crippen molar-refractivity contribution in [3.05, 3.63) is 67.5 Å². The lowest BCUT2D eigenvalue weighted by Crippen LogP contribution is -2.27. The molecule has 0 saturated heterocycles. The maximum atomic E-state index is 12.0. The van der Waals surface area contributed by atoms with E-state index in [4.69, 9.17) is 0 Å². The standard InChI is InChI=1S/C15H15BrN2O2/c1-9-7-10(2)18-15(20)13(9)8-17-14(19)11-3-5-12(16)6-4-11/h3-7H,8H2,1-2H3,(H,17,19)(H,18,20). The number of benzene rings is 1. The molecule has 0 aliphatic carbocycles. The Balaban J connectivity index is 2.11. The van der Waals surface area contributed by atoms with Crippen LogP contribution in [0.4, 0.5) is 0 Å². The fraction of sp³-hybridized carbons (Fsp3) is 0.200. The van der Waals surface area contributed by atoms with E-state index in [1.54, 1.807) is 24.3 Å². The van der Waals surface area contributed by atoms with Crippen LogP contribution in [0.3, 0.4) is 0 Å². The Morgan fingerprint density at radius 1 is 1.25 bits per heavy atom. The summed E-state index contributed by atoms with van der Waals surface area (Å²) in [5.74, 6) is -0.197. The molecule has 0 radical (unpaired) electrons. The highest BCUT2D eigenvalue weighted by atomic mass is 79.9. The predicted octanol–water partition coefficient (Wildman–Crippen LogP) is 2.68. The van der Waals surface area contributed by atoms with E-state index in [1.807, 2.05) is 19.9 Å². The summed E-state index contributed by atoms with van der Waals surface area (Å²) in [7, 11) is 0. The van der Waals surface area contributed by atoms with Crippen molar-refractivity contribution in [3.63, 3.8) is 0 Å². The van der Waals surface area contributed by atoms with Crippen molar-refractivity contribution in [2.24, 2.45) is 0 Å². The van der Waals surface area contributed by atoms with E-state index < -0.39 is 0 Å². The first-order chi connectivity index (χ1) is 9.47. The summed E-state index contributed by atoms with van der Waals surface area (Å²) in [5.41, 5.74) is 2.69. The lowest BCUT2D eigenvalue weighted by molar-refractivity contribution is 0.0950. The lowest BCUT2D eigenvalue weighted by Gasteiger charge is -2.08. The number of rotatable bonds is 3. The number of hydrogen-bond donors (Lipinski definition) is 2. The molecule has 104 valence electrons. The normalized spacial score (nSPS) is 10.3. The van der Waals surface area contributed by atoms with Gasteiger partial charge in [0.2, 0.25) is 0 Å². The lowest BCUT2D eigenvalue weighted by atomic mass is 10.1. The number of amides is 1. The zero-order valence-corrected chi connectivity index (χ0v) is 12.9. The number of carbonyl (C=O) groups is 1. The fourth-order valence-electron chi connectivity index (χ4n) is 1.97. The van der Waals surface area contributed by atoms with Gasteiger partial charge in [-0.05, 0) is 49.7 Å². The molecule has 0 atom stereocenters. The zero-order chi connectivity index (χ0) is 14.7. The number of halogens is 1. The molecule has 0 bridgehead atoms. The highest BCUT2D eigenvalue weighted by molar-refractivity contribution is 9.10. The van der Waals surface area contributed by atoms with Crippen molar-refractivity contribution >= 4 is 21.8 Å². The van der Waals surface area contributed by atoms with E-state index in [1.165, 1.54) is 0 Å². The third-order valence-electron chi connectivity index (χ3n) is 3.03. The van der Waals surface area contributed by atoms with Gasteiger partial charge >= 0.3 is 0 Å². The molecule has 2 aromatic rings. The van der Waals surface area contributed by atoms with E-state index >= 15 is 0 Å². The van der Waals surface area contributed by atoms with Gasteiger partial charge in [-0.3, -0.25) is 9.59 Å². The van der Waals surface area contributed by atoms with Crippen molar-refractivity contribution in [3.8, 4) is 0 Å². The van der Waals surface area contributed by atoms with Gasteiger partial charge in [0.1, 0.15) is 0 Å². The first kappa shape index (κ1) is 14.5. The Kier molecular flexibility index (Phi) is 4.39. The van der Waals surface area contributed by atoms with E-state index in [0.717, 1.165) is 15.7 Å². The predicted molar refractivity (Wildman–Crippen MR) is 81.8 cm³/mol. The maximum Gasteiger partial charge on any atom is 0.253 e. The third-order valence-corrected chi connectivity index (χ3v) is 3.55. The zero-order valence-electron chi connectivity index (χ0n) is 11.3. The summed E-state index contributed by atoms with van der Waals surface area (Å²) in [4.78, 5) is 26.6. The number of carbonyl (C=O) groups excluding carboxylic acids is 1. The molecule has 2 rings (SSSR count). The van der Waals surface area contributed by atoms with Crippen LogP contribution in [0.5, 0.6) is 0 Å². The van der Waals surface area contributed by atoms with Gasteiger partial charge in [-0.15, -0.1) is 0 Å². The SMILES string of the molecule is Cc1cc(C)c(CNC(=O)c2ccc(Br)cc2)c(=O)[nH]1. The number of H-pyrrole nitrogens is 1. The van der Waals surface area contributed by atoms with Gasteiger partial charge in [0.25, 0.3) is 11.5 Å². The largest absolute Gasteiger partial charge is 0.348 e. The molecule has 0 fully saturated rings. The second kappa shape index (κ2) is 6.05. The average Bonchev–Trinajstić information content (AvgIpc) is 2.38. The van der Waals surface area contributed by atoms with Gasteiger partial charge < -0.3 is 10.3 Å². The number of nitrogens with one attached hydrogen (secondary N) is 2. The molecule has 0 aliphatic heterocycles. The molecule has 1 aromatic carbocycles. The number of pyridine rings is 1. The summed E-state index contributed by atoms with van der Waals surface area (Å²) < 4.78 is 0.917. The van der Waals surface area contributed by atoms with E-state index in [0.29, 0.717) is 11.1 Å². The summed E-state index contributed by atoms with van der Waals surface area (Å²) in [6, 6.07) is 8.96. The van der Waals surface area contributed by atoms with Crippen LogP contribution in [0.2, 0.25) is 0 Å². The molecule has 4 nitrogen and oxygen atoms in total. The molecule has 0 aliphatic rings. The molecule has 1 amide bonds. The van der Waals surface area contributed by atoms with Gasteiger partial charge in [0.15, 0.2) is 0 Å². The van der Waals surface area contributed by atoms with Gasteiger partial charge in [-0.1, -0.05) is 15.9 Å². The Morgan fingerprint density at radius 2 is 1.90 bits per heavy atom. The smallest absolute Gasteiger partial charge is 0.253 e. The van der Waals surface area contributed by atoms with Crippen molar-refractivity contribution in [2.75, 3.05) is 0 Å². The number of aromatic amines is 1. The Morgan fingerprint density at radius 3 is 2.50 bits per heavy atom. The fourth-order valence-corrected chi connectivity index (χ4v) is 2.24. The van der Waals surface area contributed by atoms with Gasteiger partial charge in [-0.25, -0.2) is 0 Å². The van der Waals surface area contributed by atoms with Crippen molar-refractivity contribution in [1.29, 1.82) is 0 Å². The van der Waals surface area contributed by atoms with E-state index in [-0.39, 0.29) is 18.0 Å². The molecule has 5 heteroatoms. The van der Waals surface area contributed by atoms with Crippen molar-refractivity contribution < 1.29 is 4.79 Å². The highest BCUT2D eigenvalue weighted by Crippen LogP contribution is 2.10. The van der Waals surface area contributed by atoms with Crippen molar-refractivity contribution in [1.82, 2.24) is 10.3 Å². The van der Waals surface area contributed by atoms with Crippen LogP contribution in [-0.2, 0) is 6.54 Å². The molecule has 20 heavy (non-hydrogen) atoms. The quantitative estimate of drug-likeness (QED) is 0.906. The topological polar surface area (TPSA) is 62.0 Å². The molecule has 1 heterocycles. The Labute approximate surface area is 125 Å². The average molecular weight is 335 g/mol. The highest BCUT2D eigenvalue weighted by Gasteiger charge is 2.09. The molecule has 0 saturated carbocycles. The summed E-state index contributed by atoms with van der Waals surface area (Å²) in [5, 5.41) is 2.76. The monoisotopic (exact) mass is 334 g/mol. The van der Waals surface area contributed by atoms with Gasteiger partial charge in [0, 0.05) is 27.8 Å². The van der Waals surface area contributed by atoms with Crippen LogP contribution in [0.15, 0.2) is 39.6 Å². The van der Waals surface area contributed by atoms with Crippen LogP contribution in [0.25, 0.3) is 0 Å². The Hall–Kier alpha value is -1.88. The summed E-state index contributed by atoms with van der Waals surface area (Å²) >= 11 is 3.32. The third kappa shape index (κ3) is 3.36. The van der Waals surface area contributed by atoms with Gasteiger partial charge in [0.05, 0.1) is 0 Å². The second-order valence-corrected chi connectivity index (χ2v) is 5.55. The summed E-state index contributed by atoms with van der Waals surface area (Å²) in [6.07, 6.45) is 0. The first-order valence-electron chi connectivity index (χ1n) is 6.20. The van der Waals surface area contributed by atoms with E-state index in [9.17, 15) is 9.59 Å². The number of aromatic nitrogens is 1. The maximum absolute atomic E-state index is 12.0. The first-order valence-corrected chi connectivity index (χ1v) is 7.00. The second-order valence-electron chi connectivity index (χ2n) is 4.63. The van der Waals surface area contributed by atoms with Crippen LogP contribution < -0.4 is 10.9 Å². The molecule has 2 N–H and O–H groups in total. The Bertz CT molecular complexity index is 690. The molecule has 1 aromatic heterocycles. The van der Waals surface area contributed by atoms with Crippen LogP contribution in [0.1, 0.15) is 27.2 Å². The molecule has 0 unspecified atom stereocenters. The number of hydrogen-bond acceptors (Lipinski definition) is 2. The minimum absolute atomic E-state index is 0.154. The van der Waals surface area contributed by atoms with E-state index in [2.05, 4.69) is 26.2 Å². The van der Waals surface area contributed by atoms with Crippen LogP contribution in [-0.4, -0.2) is 10.9 Å².